The molecule has 0 saturated carbocycles. The summed E-state index contributed by atoms with van der Waals surface area (Å²) in [6.07, 6.45) is 2.87. The van der Waals surface area contributed by atoms with Gasteiger partial charge in [0.15, 0.2) is 0 Å². The molecule has 1 amide bonds. The van der Waals surface area contributed by atoms with Crippen LogP contribution in [0, 0.1) is 0 Å². The minimum atomic E-state index is -0.260. The molecule has 2 N–H and O–H groups in total. The molecular weight excluding hydrogens is 368 g/mol. The third-order valence-corrected chi connectivity index (χ3v) is 5.77. The number of halogens is 1. The maximum atomic E-state index is 12.7. The van der Waals surface area contributed by atoms with E-state index in [0.717, 1.165) is 44.1 Å². The third-order valence-electron chi connectivity index (χ3n) is 5.51. The van der Waals surface area contributed by atoms with Gasteiger partial charge in [0.25, 0.3) is 0 Å². The number of carbonyl (C=O) groups is 1. The summed E-state index contributed by atoms with van der Waals surface area (Å²) in [5.41, 5.74) is 4.53. The first-order valence-electron chi connectivity index (χ1n) is 9.63. The summed E-state index contributed by atoms with van der Waals surface area (Å²) in [6, 6.07) is 7.65. The lowest BCUT2D eigenvalue weighted by atomic mass is 10.0. The number of benzene rings is 1. The summed E-state index contributed by atoms with van der Waals surface area (Å²) >= 11 is 5.94. The maximum Gasteiger partial charge on any atom is 0.240 e. The van der Waals surface area contributed by atoms with Crippen LogP contribution in [0.5, 0.6) is 0 Å². The molecular formula is C19H27ClN4O3. The van der Waals surface area contributed by atoms with Crippen molar-refractivity contribution in [2.24, 2.45) is 0 Å². The molecule has 1 aromatic rings. The predicted molar refractivity (Wildman–Crippen MR) is 102 cm³/mol. The van der Waals surface area contributed by atoms with Crippen molar-refractivity contribution >= 4 is 17.5 Å². The van der Waals surface area contributed by atoms with E-state index in [-0.39, 0.29) is 30.2 Å². The van der Waals surface area contributed by atoms with Gasteiger partial charge in [0.1, 0.15) is 12.1 Å². The number of nitrogens with zero attached hydrogens (tertiary/aromatic N) is 2. The van der Waals surface area contributed by atoms with Crippen molar-refractivity contribution in [1.82, 2.24) is 20.8 Å². The quantitative estimate of drug-likeness (QED) is 0.785. The monoisotopic (exact) mass is 394 g/mol. The molecule has 0 bridgehead atoms. The Labute approximate surface area is 164 Å². The molecule has 0 aliphatic carbocycles. The first kappa shape index (κ1) is 19.1. The third kappa shape index (κ3) is 4.62. The molecule has 3 aliphatic rings. The van der Waals surface area contributed by atoms with E-state index in [2.05, 4.69) is 15.8 Å². The average molecular weight is 395 g/mol. The van der Waals surface area contributed by atoms with Gasteiger partial charge in [0.05, 0.1) is 12.1 Å². The van der Waals surface area contributed by atoms with Gasteiger partial charge in [-0.2, -0.15) is 5.06 Å². The zero-order valence-electron chi connectivity index (χ0n) is 15.6. The highest BCUT2D eigenvalue weighted by atomic mass is 35.5. The fourth-order valence-electron chi connectivity index (χ4n) is 4.05. The lowest BCUT2D eigenvalue weighted by Gasteiger charge is -2.20. The van der Waals surface area contributed by atoms with E-state index < -0.39 is 0 Å². The Kier molecular flexibility index (Phi) is 5.96. The van der Waals surface area contributed by atoms with Gasteiger partial charge >= 0.3 is 0 Å². The second-order valence-corrected chi connectivity index (χ2v) is 8.00. The summed E-state index contributed by atoms with van der Waals surface area (Å²) < 4.78 is 5.72. The van der Waals surface area contributed by atoms with Crippen molar-refractivity contribution in [3.8, 4) is 0 Å². The molecule has 4 atom stereocenters. The smallest absolute Gasteiger partial charge is 0.240 e. The number of carbonyl (C=O) groups excluding carboxylic acids is 1. The number of rotatable bonds is 5. The van der Waals surface area contributed by atoms with Crippen LogP contribution in [-0.2, 0) is 20.9 Å². The molecule has 4 rings (SSSR count). The molecule has 1 aromatic carbocycles. The summed E-state index contributed by atoms with van der Waals surface area (Å²) in [5, 5.41) is 7.71. The molecule has 0 radical (unpaired) electrons. The highest BCUT2D eigenvalue weighted by Gasteiger charge is 2.42. The van der Waals surface area contributed by atoms with Gasteiger partial charge in [0, 0.05) is 44.7 Å². The molecule has 4 unspecified atom stereocenters. The fraction of sp³-hybridized carbons (Fsp3) is 0.632. The molecule has 8 heteroatoms. The van der Waals surface area contributed by atoms with Crippen LogP contribution in [0.15, 0.2) is 24.3 Å². The SMILES string of the molecule is CN1OC(C2CCCO2)CC1C(=O)NC1CNN(Cc2ccc(Cl)cc2)C1. The van der Waals surface area contributed by atoms with Crippen molar-refractivity contribution in [2.45, 2.75) is 50.1 Å². The van der Waals surface area contributed by atoms with E-state index in [1.54, 1.807) is 5.06 Å². The minimum absolute atomic E-state index is 0.0173. The molecule has 3 fully saturated rings. The van der Waals surface area contributed by atoms with Crippen LogP contribution in [-0.4, -0.2) is 67.0 Å². The Balaban J connectivity index is 1.25. The molecule has 27 heavy (non-hydrogen) atoms. The highest BCUT2D eigenvalue weighted by Crippen LogP contribution is 2.28. The molecule has 148 valence electrons. The predicted octanol–water partition coefficient (Wildman–Crippen LogP) is 1.33. The van der Waals surface area contributed by atoms with Gasteiger partial charge in [-0.25, -0.2) is 5.01 Å². The Morgan fingerprint density at radius 3 is 2.89 bits per heavy atom. The van der Waals surface area contributed by atoms with Gasteiger partial charge in [-0.05, 0) is 30.5 Å². The van der Waals surface area contributed by atoms with Crippen molar-refractivity contribution < 1.29 is 14.4 Å². The molecule has 3 saturated heterocycles. The van der Waals surface area contributed by atoms with Crippen LogP contribution < -0.4 is 10.7 Å². The van der Waals surface area contributed by atoms with E-state index in [1.807, 2.05) is 31.3 Å². The van der Waals surface area contributed by atoms with Crippen LogP contribution >= 0.6 is 11.6 Å². The number of amides is 1. The second kappa shape index (κ2) is 8.43. The molecule has 0 spiro atoms. The molecule has 0 aromatic heterocycles. The van der Waals surface area contributed by atoms with E-state index >= 15 is 0 Å². The van der Waals surface area contributed by atoms with E-state index in [4.69, 9.17) is 21.2 Å². The van der Waals surface area contributed by atoms with Crippen LogP contribution in [0.2, 0.25) is 5.02 Å². The topological polar surface area (TPSA) is 66.1 Å². The summed E-state index contributed by atoms with van der Waals surface area (Å²) in [5.74, 6) is 0.0261. The van der Waals surface area contributed by atoms with Crippen LogP contribution in [0.25, 0.3) is 0 Å². The van der Waals surface area contributed by atoms with E-state index in [1.165, 1.54) is 5.56 Å². The minimum Gasteiger partial charge on any atom is -0.375 e. The van der Waals surface area contributed by atoms with Crippen LogP contribution in [0.3, 0.4) is 0 Å². The highest BCUT2D eigenvalue weighted by molar-refractivity contribution is 6.30. The first-order valence-corrected chi connectivity index (χ1v) is 10.0. The van der Waals surface area contributed by atoms with Gasteiger partial charge in [-0.3, -0.25) is 15.1 Å². The van der Waals surface area contributed by atoms with E-state index in [9.17, 15) is 4.79 Å². The maximum absolute atomic E-state index is 12.7. The molecule has 3 heterocycles. The first-order chi connectivity index (χ1) is 13.1. The summed E-state index contributed by atoms with van der Waals surface area (Å²) in [6.45, 7) is 3.06. The largest absolute Gasteiger partial charge is 0.375 e. The average Bonchev–Trinajstić information content (AvgIpc) is 3.38. The van der Waals surface area contributed by atoms with Crippen LogP contribution in [0.1, 0.15) is 24.8 Å². The molecule has 3 aliphatic heterocycles. The van der Waals surface area contributed by atoms with Crippen LogP contribution in [0.4, 0.5) is 0 Å². The van der Waals surface area contributed by atoms with Crippen molar-refractivity contribution in [1.29, 1.82) is 0 Å². The van der Waals surface area contributed by atoms with Gasteiger partial charge < -0.3 is 10.1 Å². The number of hydrogen-bond acceptors (Lipinski definition) is 6. The number of ether oxygens (including phenoxy) is 1. The lowest BCUT2D eigenvalue weighted by molar-refractivity contribution is -0.175. The lowest BCUT2D eigenvalue weighted by Crippen LogP contribution is -2.47. The Morgan fingerprint density at radius 2 is 2.15 bits per heavy atom. The Bertz CT molecular complexity index is 653. The zero-order valence-corrected chi connectivity index (χ0v) is 16.3. The summed E-state index contributed by atoms with van der Waals surface area (Å²) in [7, 11) is 1.83. The Hall–Kier alpha value is -1.22. The van der Waals surface area contributed by atoms with E-state index in [0.29, 0.717) is 6.42 Å². The standard InChI is InChI=1S/C19H27ClN4O3/c1-23-16(9-18(27-23)17-3-2-8-26-17)19(25)22-15-10-21-24(12-15)11-13-4-6-14(20)7-5-13/h4-7,15-18,21H,2-3,8-12H2,1H3,(H,22,25). The normalized spacial score (nSPS) is 32.2. The Morgan fingerprint density at radius 1 is 1.33 bits per heavy atom. The number of hydroxylamine groups is 2. The number of nitrogens with one attached hydrogen (secondary N) is 2. The van der Waals surface area contributed by atoms with Gasteiger partial charge in [0.2, 0.25) is 5.91 Å². The van der Waals surface area contributed by atoms with Gasteiger partial charge in [-0.15, -0.1) is 0 Å². The number of hydrazine groups is 1. The molecule has 7 nitrogen and oxygen atoms in total. The fourth-order valence-corrected chi connectivity index (χ4v) is 4.17. The zero-order chi connectivity index (χ0) is 18.8. The van der Waals surface area contributed by atoms with Crippen molar-refractivity contribution in [3.63, 3.8) is 0 Å². The van der Waals surface area contributed by atoms with Crippen molar-refractivity contribution in [3.05, 3.63) is 34.9 Å². The number of hydrogen-bond donors (Lipinski definition) is 2. The number of likely N-dealkylation sites (N-methyl/N-ethyl adjacent to an activating group) is 1. The summed E-state index contributed by atoms with van der Waals surface area (Å²) in [4.78, 5) is 18.6. The second-order valence-electron chi connectivity index (χ2n) is 7.57. The van der Waals surface area contributed by atoms with Crippen molar-refractivity contribution in [2.75, 3.05) is 26.7 Å². The van der Waals surface area contributed by atoms with Gasteiger partial charge in [-0.1, -0.05) is 23.7 Å².